The Labute approximate surface area is 164 Å². The van der Waals surface area contributed by atoms with Gasteiger partial charge in [-0.15, -0.1) is 11.3 Å². The second-order valence-electron chi connectivity index (χ2n) is 6.55. The maximum atomic E-state index is 5.93. The van der Waals surface area contributed by atoms with Crippen LogP contribution < -0.4 is 10.6 Å². The van der Waals surface area contributed by atoms with Crippen LogP contribution in [0.1, 0.15) is 34.4 Å². The summed E-state index contributed by atoms with van der Waals surface area (Å²) in [6, 6.07) is 4.24. The van der Waals surface area contributed by atoms with Crippen LogP contribution in [-0.2, 0) is 11.3 Å². The number of aliphatic imine (C=N–C) groups is 1. The summed E-state index contributed by atoms with van der Waals surface area (Å²) in [6.45, 7) is 11.5. The summed E-state index contributed by atoms with van der Waals surface area (Å²) in [6.07, 6.45) is 1.89. The van der Waals surface area contributed by atoms with Crippen molar-refractivity contribution in [3.8, 4) is 0 Å². The standard InChI is InChI=1S/C19H29N5O2S/c1-4-20-19(23-13-18-21-11-15(3)27-18)22-12-16(17-6-5-14(2)26-17)24-7-9-25-10-8-24/h5-6,11,16H,4,7-10,12-13H2,1-3H3,(H2,20,22,23). The van der Waals surface area contributed by atoms with Gasteiger partial charge in [-0.05, 0) is 32.9 Å². The fourth-order valence-electron chi connectivity index (χ4n) is 3.09. The Morgan fingerprint density at radius 3 is 2.74 bits per heavy atom. The van der Waals surface area contributed by atoms with Gasteiger partial charge in [0.05, 0.1) is 25.8 Å². The second kappa shape index (κ2) is 9.87. The van der Waals surface area contributed by atoms with E-state index < -0.39 is 0 Å². The third kappa shape index (κ3) is 5.79. The zero-order valence-electron chi connectivity index (χ0n) is 16.3. The van der Waals surface area contributed by atoms with Gasteiger partial charge < -0.3 is 19.8 Å². The minimum atomic E-state index is 0.147. The molecule has 0 radical (unpaired) electrons. The van der Waals surface area contributed by atoms with Gasteiger partial charge in [0.2, 0.25) is 0 Å². The fourth-order valence-corrected chi connectivity index (χ4v) is 3.80. The van der Waals surface area contributed by atoms with E-state index in [1.807, 2.05) is 19.2 Å². The smallest absolute Gasteiger partial charge is 0.191 e. The molecule has 1 aliphatic heterocycles. The molecule has 0 amide bonds. The first kappa shape index (κ1) is 19.9. The number of hydrogen-bond acceptors (Lipinski definition) is 6. The lowest BCUT2D eigenvalue weighted by Crippen LogP contribution is -2.46. The average molecular weight is 392 g/mol. The molecule has 1 fully saturated rings. The number of rotatable bonds is 7. The van der Waals surface area contributed by atoms with Gasteiger partial charge in [-0.2, -0.15) is 0 Å². The molecule has 7 nitrogen and oxygen atoms in total. The van der Waals surface area contributed by atoms with E-state index in [1.165, 1.54) is 4.88 Å². The molecular weight excluding hydrogens is 362 g/mol. The number of guanidine groups is 1. The number of nitrogens with one attached hydrogen (secondary N) is 2. The largest absolute Gasteiger partial charge is 0.465 e. The van der Waals surface area contributed by atoms with E-state index >= 15 is 0 Å². The van der Waals surface area contributed by atoms with Crippen molar-refractivity contribution < 1.29 is 9.15 Å². The molecule has 2 N–H and O–H groups in total. The molecule has 3 rings (SSSR count). The van der Waals surface area contributed by atoms with Crippen molar-refractivity contribution in [1.29, 1.82) is 0 Å². The zero-order chi connectivity index (χ0) is 19.1. The van der Waals surface area contributed by atoms with Crippen LogP contribution in [0.3, 0.4) is 0 Å². The van der Waals surface area contributed by atoms with Crippen molar-refractivity contribution in [2.75, 3.05) is 39.4 Å². The fraction of sp³-hybridized carbons (Fsp3) is 0.579. The van der Waals surface area contributed by atoms with Crippen LogP contribution in [0.25, 0.3) is 0 Å². The summed E-state index contributed by atoms with van der Waals surface area (Å²) in [5.74, 6) is 2.71. The zero-order valence-corrected chi connectivity index (χ0v) is 17.1. The van der Waals surface area contributed by atoms with Gasteiger partial charge in [0.1, 0.15) is 16.5 Å². The molecular formula is C19H29N5O2S. The highest BCUT2D eigenvalue weighted by molar-refractivity contribution is 7.11. The van der Waals surface area contributed by atoms with Crippen molar-refractivity contribution in [1.82, 2.24) is 20.5 Å². The number of aryl methyl sites for hydroxylation is 2. The third-order valence-corrected chi connectivity index (χ3v) is 5.32. The van der Waals surface area contributed by atoms with Crippen LogP contribution in [0, 0.1) is 13.8 Å². The molecule has 0 bridgehead atoms. The van der Waals surface area contributed by atoms with Crippen LogP contribution in [0.2, 0.25) is 0 Å². The Morgan fingerprint density at radius 1 is 1.30 bits per heavy atom. The lowest BCUT2D eigenvalue weighted by atomic mass is 10.1. The molecule has 3 heterocycles. The summed E-state index contributed by atoms with van der Waals surface area (Å²) in [5.41, 5.74) is 0. The average Bonchev–Trinajstić information content (AvgIpc) is 3.29. The van der Waals surface area contributed by atoms with E-state index in [4.69, 9.17) is 9.15 Å². The Hall–Kier alpha value is -1.90. The van der Waals surface area contributed by atoms with E-state index in [-0.39, 0.29) is 6.04 Å². The number of nitrogens with zero attached hydrogens (tertiary/aromatic N) is 3. The summed E-state index contributed by atoms with van der Waals surface area (Å²) < 4.78 is 11.4. The second-order valence-corrected chi connectivity index (χ2v) is 7.87. The normalized spacial score (nSPS) is 17.1. The summed E-state index contributed by atoms with van der Waals surface area (Å²) in [7, 11) is 0. The Bertz CT molecular complexity index is 736. The molecule has 1 atom stereocenters. The summed E-state index contributed by atoms with van der Waals surface area (Å²) in [5, 5.41) is 7.82. The molecule has 27 heavy (non-hydrogen) atoms. The van der Waals surface area contributed by atoms with Gasteiger partial charge in [-0.3, -0.25) is 4.90 Å². The third-order valence-electron chi connectivity index (χ3n) is 4.42. The lowest BCUT2D eigenvalue weighted by Gasteiger charge is -2.33. The van der Waals surface area contributed by atoms with E-state index in [0.717, 1.165) is 61.9 Å². The molecule has 0 spiro atoms. The van der Waals surface area contributed by atoms with E-state index in [0.29, 0.717) is 6.54 Å². The maximum absolute atomic E-state index is 5.93. The Balaban J connectivity index is 1.67. The predicted octanol–water partition coefficient (Wildman–Crippen LogP) is 2.48. The first-order valence-electron chi connectivity index (χ1n) is 9.47. The molecule has 0 saturated carbocycles. The Kier molecular flexibility index (Phi) is 7.25. The number of thiazole rings is 1. The van der Waals surface area contributed by atoms with Gasteiger partial charge >= 0.3 is 0 Å². The first-order valence-corrected chi connectivity index (χ1v) is 10.3. The lowest BCUT2D eigenvalue weighted by molar-refractivity contribution is 0.0124. The Morgan fingerprint density at radius 2 is 2.11 bits per heavy atom. The number of aromatic nitrogens is 1. The van der Waals surface area contributed by atoms with Gasteiger partial charge in [0.25, 0.3) is 0 Å². The number of morpholine rings is 1. The van der Waals surface area contributed by atoms with Crippen molar-refractivity contribution >= 4 is 17.3 Å². The molecule has 1 unspecified atom stereocenters. The first-order chi connectivity index (χ1) is 13.2. The van der Waals surface area contributed by atoms with Crippen LogP contribution in [0.4, 0.5) is 0 Å². The van der Waals surface area contributed by atoms with Crippen molar-refractivity contribution in [2.24, 2.45) is 4.99 Å². The van der Waals surface area contributed by atoms with Crippen LogP contribution in [0.15, 0.2) is 27.7 Å². The molecule has 0 aromatic carbocycles. The molecule has 1 aliphatic rings. The van der Waals surface area contributed by atoms with Gasteiger partial charge in [-0.25, -0.2) is 9.98 Å². The summed E-state index contributed by atoms with van der Waals surface area (Å²) >= 11 is 1.68. The van der Waals surface area contributed by atoms with Gasteiger partial charge in [0, 0.05) is 37.3 Å². The number of hydrogen-bond donors (Lipinski definition) is 2. The molecule has 2 aromatic rings. The maximum Gasteiger partial charge on any atom is 0.191 e. The molecule has 148 valence electrons. The van der Waals surface area contributed by atoms with Crippen molar-refractivity contribution in [3.05, 3.63) is 39.7 Å². The van der Waals surface area contributed by atoms with E-state index in [9.17, 15) is 0 Å². The van der Waals surface area contributed by atoms with Gasteiger partial charge in [-0.1, -0.05) is 0 Å². The SMILES string of the molecule is CCNC(=NCc1ncc(C)s1)NCC(c1ccc(C)o1)N1CCOCC1. The number of ether oxygens (including phenoxy) is 1. The molecule has 1 saturated heterocycles. The summed E-state index contributed by atoms with van der Waals surface area (Å²) in [4.78, 5) is 12.7. The topological polar surface area (TPSA) is 74.9 Å². The van der Waals surface area contributed by atoms with E-state index in [2.05, 4.69) is 45.4 Å². The van der Waals surface area contributed by atoms with Crippen LogP contribution in [-0.4, -0.2) is 55.2 Å². The highest BCUT2D eigenvalue weighted by Gasteiger charge is 2.25. The van der Waals surface area contributed by atoms with Gasteiger partial charge in [0.15, 0.2) is 5.96 Å². The monoisotopic (exact) mass is 391 g/mol. The van der Waals surface area contributed by atoms with Crippen LogP contribution in [0.5, 0.6) is 0 Å². The molecule has 8 heteroatoms. The van der Waals surface area contributed by atoms with Crippen molar-refractivity contribution in [2.45, 2.75) is 33.4 Å². The quantitative estimate of drug-likeness (QED) is 0.558. The number of furan rings is 1. The minimum absolute atomic E-state index is 0.147. The molecule has 2 aromatic heterocycles. The van der Waals surface area contributed by atoms with Crippen molar-refractivity contribution in [3.63, 3.8) is 0 Å². The molecule has 0 aliphatic carbocycles. The highest BCUT2D eigenvalue weighted by atomic mass is 32.1. The minimum Gasteiger partial charge on any atom is -0.465 e. The predicted molar refractivity (Wildman–Crippen MR) is 108 cm³/mol. The highest BCUT2D eigenvalue weighted by Crippen LogP contribution is 2.23. The van der Waals surface area contributed by atoms with E-state index in [1.54, 1.807) is 11.3 Å². The van der Waals surface area contributed by atoms with Crippen LogP contribution >= 0.6 is 11.3 Å².